The molecule has 1 unspecified atom stereocenters. The zero-order valence-corrected chi connectivity index (χ0v) is 11.2. The van der Waals surface area contributed by atoms with Crippen LogP contribution in [0, 0.1) is 11.3 Å². The van der Waals surface area contributed by atoms with Crippen molar-refractivity contribution in [2.75, 3.05) is 13.1 Å². The summed E-state index contributed by atoms with van der Waals surface area (Å²) in [6.07, 6.45) is 5.09. The van der Waals surface area contributed by atoms with Gasteiger partial charge in [-0.05, 0) is 12.1 Å². The molecule has 0 aliphatic carbocycles. The average Bonchev–Trinajstić information content (AvgIpc) is 3.18. The molecule has 0 saturated carbocycles. The second-order valence-electron chi connectivity index (χ2n) is 4.79. The van der Waals surface area contributed by atoms with Gasteiger partial charge >= 0.3 is 0 Å². The maximum atomic E-state index is 12.2. The fourth-order valence-corrected chi connectivity index (χ4v) is 2.29. The highest BCUT2D eigenvalue weighted by Gasteiger charge is 2.28. The molecule has 3 rings (SSSR count). The molecule has 0 aromatic carbocycles. The van der Waals surface area contributed by atoms with Crippen LogP contribution < -0.4 is 4.74 Å². The molecule has 0 radical (unpaired) electrons. The predicted molar refractivity (Wildman–Crippen MR) is 72.6 cm³/mol. The Balaban J connectivity index is 1.62. The minimum Gasteiger partial charge on any atom is -0.472 e. The van der Waals surface area contributed by atoms with Crippen LogP contribution in [0.3, 0.4) is 0 Å². The number of nitrogens with zero attached hydrogens (tertiary/aromatic N) is 3. The molecule has 1 atom stereocenters. The van der Waals surface area contributed by atoms with Gasteiger partial charge in [0, 0.05) is 25.2 Å². The minimum absolute atomic E-state index is 0.0615. The molecule has 0 N–H and O–H groups in total. The van der Waals surface area contributed by atoms with Gasteiger partial charge < -0.3 is 14.1 Å². The monoisotopic (exact) mass is 283 g/mol. The van der Waals surface area contributed by atoms with Crippen LogP contribution in [-0.2, 0) is 0 Å². The molecule has 2 aromatic rings. The predicted octanol–water partition coefficient (Wildman–Crippen LogP) is 1.84. The normalized spacial score (nSPS) is 17.5. The third-order valence-electron chi connectivity index (χ3n) is 3.35. The first kappa shape index (κ1) is 13.2. The van der Waals surface area contributed by atoms with Crippen molar-refractivity contribution in [3.8, 4) is 11.9 Å². The van der Waals surface area contributed by atoms with Crippen LogP contribution in [0.15, 0.2) is 41.3 Å². The number of likely N-dealkylation sites (tertiary alicyclic amines) is 1. The van der Waals surface area contributed by atoms with E-state index in [9.17, 15) is 4.79 Å². The standard InChI is InChI=1S/C15H13N3O3/c16-8-11-1-4-17-14(7-11)21-13-2-5-18(9-13)15(19)12-3-6-20-10-12/h1,3-4,6-7,10,13H,2,5,9H2. The molecule has 1 aliphatic heterocycles. The van der Waals surface area contributed by atoms with E-state index in [0.717, 1.165) is 6.42 Å². The number of hydrogen-bond acceptors (Lipinski definition) is 5. The first-order valence-electron chi connectivity index (χ1n) is 6.60. The summed E-state index contributed by atoms with van der Waals surface area (Å²) in [5.74, 6) is 0.352. The lowest BCUT2D eigenvalue weighted by Crippen LogP contribution is -2.30. The van der Waals surface area contributed by atoms with Gasteiger partial charge in [-0.3, -0.25) is 4.79 Å². The SMILES string of the molecule is N#Cc1ccnc(OC2CCN(C(=O)c3ccoc3)C2)c1. The molecule has 1 amide bonds. The molecule has 0 spiro atoms. The molecule has 1 fully saturated rings. The van der Waals surface area contributed by atoms with Crippen molar-refractivity contribution in [3.05, 3.63) is 48.0 Å². The first-order valence-corrected chi connectivity index (χ1v) is 6.60. The first-order chi connectivity index (χ1) is 10.3. The summed E-state index contributed by atoms with van der Waals surface area (Å²) < 4.78 is 10.7. The Morgan fingerprint density at radius 1 is 1.52 bits per heavy atom. The van der Waals surface area contributed by atoms with Gasteiger partial charge in [0.05, 0.1) is 30.0 Å². The van der Waals surface area contributed by atoms with Crippen LogP contribution >= 0.6 is 0 Å². The van der Waals surface area contributed by atoms with E-state index < -0.39 is 0 Å². The number of nitriles is 1. The largest absolute Gasteiger partial charge is 0.472 e. The summed E-state index contributed by atoms with van der Waals surface area (Å²) in [6.45, 7) is 1.13. The number of ether oxygens (including phenoxy) is 1. The Morgan fingerprint density at radius 3 is 3.19 bits per heavy atom. The lowest BCUT2D eigenvalue weighted by Gasteiger charge is -2.16. The molecule has 2 aromatic heterocycles. The minimum atomic E-state index is -0.109. The highest BCUT2D eigenvalue weighted by Crippen LogP contribution is 2.19. The van der Waals surface area contributed by atoms with E-state index in [1.807, 2.05) is 6.07 Å². The van der Waals surface area contributed by atoms with E-state index in [1.165, 1.54) is 18.7 Å². The summed E-state index contributed by atoms with van der Waals surface area (Å²) >= 11 is 0. The van der Waals surface area contributed by atoms with Crippen LogP contribution in [0.2, 0.25) is 0 Å². The highest BCUT2D eigenvalue weighted by molar-refractivity contribution is 5.94. The molecule has 21 heavy (non-hydrogen) atoms. The number of carbonyl (C=O) groups is 1. The van der Waals surface area contributed by atoms with Crippen molar-refractivity contribution in [3.63, 3.8) is 0 Å². The van der Waals surface area contributed by atoms with Crippen molar-refractivity contribution in [2.24, 2.45) is 0 Å². The van der Waals surface area contributed by atoms with Gasteiger partial charge in [-0.25, -0.2) is 4.98 Å². The third-order valence-corrected chi connectivity index (χ3v) is 3.35. The van der Waals surface area contributed by atoms with E-state index in [4.69, 9.17) is 14.4 Å². The van der Waals surface area contributed by atoms with Crippen molar-refractivity contribution in [1.82, 2.24) is 9.88 Å². The molecule has 6 nitrogen and oxygen atoms in total. The van der Waals surface area contributed by atoms with Crippen molar-refractivity contribution >= 4 is 5.91 Å². The second kappa shape index (κ2) is 5.67. The van der Waals surface area contributed by atoms with Gasteiger partial charge in [-0.15, -0.1) is 0 Å². The zero-order chi connectivity index (χ0) is 14.7. The Hall–Kier alpha value is -2.81. The summed E-state index contributed by atoms with van der Waals surface area (Å²) in [5.41, 5.74) is 1.05. The van der Waals surface area contributed by atoms with Gasteiger partial charge in [-0.2, -0.15) is 5.26 Å². The number of carbonyl (C=O) groups excluding carboxylic acids is 1. The van der Waals surface area contributed by atoms with Crippen LogP contribution in [0.4, 0.5) is 0 Å². The molecule has 6 heteroatoms. The van der Waals surface area contributed by atoms with E-state index in [2.05, 4.69) is 4.98 Å². The van der Waals surface area contributed by atoms with E-state index in [1.54, 1.807) is 23.1 Å². The fraction of sp³-hybridized carbons (Fsp3) is 0.267. The van der Waals surface area contributed by atoms with Crippen LogP contribution in [0.25, 0.3) is 0 Å². The Kier molecular flexibility index (Phi) is 3.56. The molecule has 106 valence electrons. The van der Waals surface area contributed by atoms with Gasteiger partial charge in [0.2, 0.25) is 5.88 Å². The van der Waals surface area contributed by atoms with Crippen molar-refractivity contribution < 1.29 is 13.9 Å². The van der Waals surface area contributed by atoms with Crippen LogP contribution in [0.1, 0.15) is 22.3 Å². The number of amides is 1. The smallest absolute Gasteiger partial charge is 0.257 e. The third kappa shape index (κ3) is 2.87. The number of furan rings is 1. The number of hydrogen-bond donors (Lipinski definition) is 0. The average molecular weight is 283 g/mol. The van der Waals surface area contributed by atoms with Gasteiger partial charge in [0.1, 0.15) is 12.4 Å². The molecule has 3 heterocycles. The molecule has 0 bridgehead atoms. The number of aromatic nitrogens is 1. The number of pyridine rings is 1. The van der Waals surface area contributed by atoms with Gasteiger partial charge in [-0.1, -0.05) is 0 Å². The topological polar surface area (TPSA) is 79.4 Å². The molecule has 1 aliphatic rings. The summed E-state index contributed by atoms with van der Waals surface area (Å²) in [7, 11) is 0. The van der Waals surface area contributed by atoms with Gasteiger partial charge in [0.25, 0.3) is 5.91 Å². The summed E-state index contributed by atoms with van der Waals surface area (Å²) in [4.78, 5) is 18.0. The quantitative estimate of drug-likeness (QED) is 0.858. The van der Waals surface area contributed by atoms with Gasteiger partial charge in [0.15, 0.2) is 0 Å². The molecular formula is C15H13N3O3. The number of rotatable bonds is 3. The molecule has 1 saturated heterocycles. The lowest BCUT2D eigenvalue weighted by atomic mass is 10.3. The Morgan fingerprint density at radius 2 is 2.43 bits per heavy atom. The van der Waals surface area contributed by atoms with Crippen molar-refractivity contribution in [1.29, 1.82) is 5.26 Å². The zero-order valence-electron chi connectivity index (χ0n) is 11.2. The summed E-state index contributed by atoms with van der Waals surface area (Å²) in [6, 6.07) is 6.91. The maximum Gasteiger partial charge on any atom is 0.257 e. The highest BCUT2D eigenvalue weighted by atomic mass is 16.5. The Labute approximate surface area is 121 Å². The molecular weight excluding hydrogens is 270 g/mol. The van der Waals surface area contributed by atoms with E-state index in [-0.39, 0.29) is 12.0 Å². The second-order valence-corrected chi connectivity index (χ2v) is 4.79. The summed E-state index contributed by atoms with van der Waals surface area (Å²) in [5, 5.41) is 8.85. The van der Waals surface area contributed by atoms with E-state index >= 15 is 0 Å². The van der Waals surface area contributed by atoms with Crippen molar-refractivity contribution in [2.45, 2.75) is 12.5 Å². The maximum absolute atomic E-state index is 12.2. The van der Waals surface area contributed by atoms with Crippen LogP contribution in [-0.4, -0.2) is 35.0 Å². The van der Waals surface area contributed by atoms with Crippen LogP contribution in [0.5, 0.6) is 5.88 Å². The lowest BCUT2D eigenvalue weighted by molar-refractivity contribution is 0.0770. The Bertz CT molecular complexity index is 676. The fourth-order valence-electron chi connectivity index (χ4n) is 2.29. The van der Waals surface area contributed by atoms with E-state index in [0.29, 0.717) is 30.1 Å².